The molecule has 1 aliphatic carbocycles. The highest BCUT2D eigenvalue weighted by Crippen LogP contribution is 2.37. The lowest BCUT2D eigenvalue weighted by molar-refractivity contribution is 0.290. The Bertz CT molecular complexity index is 540. The molecule has 0 radical (unpaired) electrons. The topological polar surface area (TPSA) is 12.0 Å². The van der Waals surface area contributed by atoms with Crippen LogP contribution in [0.25, 0.3) is 0 Å². The zero-order chi connectivity index (χ0) is 13.2. The fourth-order valence-corrected chi connectivity index (χ4v) is 4.03. The summed E-state index contributed by atoms with van der Waals surface area (Å²) in [6.45, 7) is 3.14. The maximum absolute atomic E-state index is 3.65. The van der Waals surface area contributed by atoms with Crippen LogP contribution in [0.4, 0.5) is 0 Å². The first-order valence-electron chi connectivity index (χ1n) is 6.74. The van der Waals surface area contributed by atoms with Gasteiger partial charge in [0.2, 0.25) is 0 Å². The molecule has 0 atom stereocenters. The lowest BCUT2D eigenvalue weighted by atomic mass is 9.76. The Morgan fingerprint density at radius 1 is 1.21 bits per heavy atom. The number of halogens is 1. The van der Waals surface area contributed by atoms with Gasteiger partial charge in [-0.25, -0.2) is 0 Å². The van der Waals surface area contributed by atoms with E-state index in [1.807, 2.05) is 11.3 Å². The van der Waals surface area contributed by atoms with Crippen molar-refractivity contribution in [2.24, 2.45) is 0 Å². The Morgan fingerprint density at radius 2 is 1.95 bits per heavy atom. The molecule has 2 aromatic rings. The zero-order valence-electron chi connectivity index (χ0n) is 11.0. The number of aryl methyl sites for hydroxylation is 1. The molecule has 0 amide bonds. The van der Waals surface area contributed by atoms with Crippen LogP contribution >= 0.6 is 27.3 Å². The molecular formula is C16H18BrNS. The quantitative estimate of drug-likeness (QED) is 0.841. The molecule has 1 aromatic heterocycles. The van der Waals surface area contributed by atoms with Gasteiger partial charge in [-0.05, 0) is 58.6 Å². The Balaban J connectivity index is 1.48. The molecule has 0 spiro atoms. The third-order valence-electron chi connectivity index (χ3n) is 3.93. The maximum atomic E-state index is 3.65. The average molecular weight is 336 g/mol. The number of thiophene rings is 1. The van der Waals surface area contributed by atoms with Crippen LogP contribution in [0.5, 0.6) is 0 Å². The van der Waals surface area contributed by atoms with Gasteiger partial charge in [0, 0.05) is 21.9 Å². The van der Waals surface area contributed by atoms with Crippen molar-refractivity contribution in [3.63, 3.8) is 0 Å². The molecule has 0 aliphatic heterocycles. The first-order chi connectivity index (χ1) is 9.22. The van der Waals surface area contributed by atoms with Gasteiger partial charge in [-0.2, -0.15) is 0 Å². The Hall–Kier alpha value is -0.640. The number of hydrogen-bond donors (Lipinski definition) is 1. The Labute approximate surface area is 127 Å². The smallest absolute Gasteiger partial charge is 0.0327 e. The highest BCUT2D eigenvalue weighted by molar-refractivity contribution is 9.10. The van der Waals surface area contributed by atoms with E-state index in [1.165, 1.54) is 33.3 Å². The van der Waals surface area contributed by atoms with Crippen molar-refractivity contribution < 1.29 is 0 Å². The standard InChI is InChI=1S/C16H18BrNS/c1-11-2-4-12(5-3-11)13-8-14(9-13)18-10-16-15(17)6-7-19-16/h2-7,13-14,18H,8-10H2,1H3. The van der Waals surface area contributed by atoms with Crippen molar-refractivity contribution in [2.75, 3.05) is 0 Å². The molecule has 1 heterocycles. The first kappa shape index (κ1) is 13.3. The second kappa shape index (κ2) is 5.78. The van der Waals surface area contributed by atoms with Crippen molar-refractivity contribution in [3.05, 3.63) is 56.2 Å². The van der Waals surface area contributed by atoms with E-state index >= 15 is 0 Å². The molecule has 3 heteroatoms. The van der Waals surface area contributed by atoms with E-state index in [0.29, 0.717) is 6.04 Å². The number of nitrogens with one attached hydrogen (secondary N) is 1. The van der Waals surface area contributed by atoms with Crippen LogP contribution in [-0.2, 0) is 6.54 Å². The molecule has 1 saturated carbocycles. The van der Waals surface area contributed by atoms with E-state index in [0.717, 1.165) is 12.5 Å². The van der Waals surface area contributed by atoms with Crippen LogP contribution in [-0.4, -0.2) is 6.04 Å². The van der Waals surface area contributed by atoms with E-state index in [9.17, 15) is 0 Å². The molecule has 19 heavy (non-hydrogen) atoms. The molecule has 1 nitrogen and oxygen atoms in total. The van der Waals surface area contributed by atoms with Gasteiger partial charge in [-0.15, -0.1) is 11.3 Å². The second-order valence-electron chi connectivity index (χ2n) is 5.35. The number of benzene rings is 1. The Morgan fingerprint density at radius 3 is 2.58 bits per heavy atom. The second-order valence-corrected chi connectivity index (χ2v) is 7.20. The van der Waals surface area contributed by atoms with Gasteiger partial charge in [0.05, 0.1) is 0 Å². The number of hydrogen-bond acceptors (Lipinski definition) is 2. The number of rotatable bonds is 4. The summed E-state index contributed by atoms with van der Waals surface area (Å²) in [7, 11) is 0. The van der Waals surface area contributed by atoms with E-state index in [4.69, 9.17) is 0 Å². The van der Waals surface area contributed by atoms with E-state index in [-0.39, 0.29) is 0 Å². The lowest BCUT2D eigenvalue weighted by Crippen LogP contribution is -2.39. The molecular weight excluding hydrogens is 318 g/mol. The van der Waals surface area contributed by atoms with Crippen LogP contribution in [0.15, 0.2) is 40.2 Å². The third-order valence-corrected chi connectivity index (χ3v) is 5.86. The van der Waals surface area contributed by atoms with Crippen LogP contribution in [0, 0.1) is 6.92 Å². The minimum atomic E-state index is 0.681. The normalized spacial score (nSPS) is 22.2. The van der Waals surface area contributed by atoms with Crippen LogP contribution < -0.4 is 5.32 Å². The van der Waals surface area contributed by atoms with E-state index < -0.39 is 0 Å². The molecule has 0 unspecified atom stereocenters. The summed E-state index contributed by atoms with van der Waals surface area (Å²) in [6, 6.07) is 11.8. The largest absolute Gasteiger partial charge is 0.309 e. The van der Waals surface area contributed by atoms with Gasteiger partial charge >= 0.3 is 0 Å². The molecule has 0 bridgehead atoms. The van der Waals surface area contributed by atoms with Gasteiger partial charge < -0.3 is 5.32 Å². The van der Waals surface area contributed by atoms with Crippen molar-refractivity contribution in [2.45, 2.75) is 38.3 Å². The summed E-state index contributed by atoms with van der Waals surface area (Å²) >= 11 is 5.40. The van der Waals surface area contributed by atoms with Gasteiger partial charge in [-0.1, -0.05) is 29.8 Å². The highest BCUT2D eigenvalue weighted by atomic mass is 79.9. The van der Waals surface area contributed by atoms with Crippen molar-refractivity contribution >= 4 is 27.3 Å². The maximum Gasteiger partial charge on any atom is 0.0327 e. The van der Waals surface area contributed by atoms with Crippen molar-refractivity contribution in [1.29, 1.82) is 0 Å². The van der Waals surface area contributed by atoms with E-state index in [1.54, 1.807) is 0 Å². The minimum Gasteiger partial charge on any atom is -0.309 e. The van der Waals surface area contributed by atoms with Gasteiger partial charge in [0.25, 0.3) is 0 Å². The fourth-order valence-electron chi connectivity index (χ4n) is 2.58. The van der Waals surface area contributed by atoms with Crippen molar-refractivity contribution in [1.82, 2.24) is 5.32 Å². The molecule has 1 aliphatic rings. The summed E-state index contributed by atoms with van der Waals surface area (Å²) in [5.74, 6) is 0.755. The van der Waals surface area contributed by atoms with Crippen LogP contribution in [0.1, 0.15) is 34.8 Å². The first-order valence-corrected chi connectivity index (χ1v) is 8.41. The Kier molecular flexibility index (Phi) is 4.06. The fraction of sp³-hybridized carbons (Fsp3) is 0.375. The van der Waals surface area contributed by atoms with Gasteiger partial charge in [0.15, 0.2) is 0 Å². The van der Waals surface area contributed by atoms with Crippen LogP contribution in [0.2, 0.25) is 0 Å². The summed E-state index contributed by atoms with van der Waals surface area (Å²) in [5.41, 5.74) is 2.85. The van der Waals surface area contributed by atoms with Gasteiger partial charge in [-0.3, -0.25) is 0 Å². The molecule has 3 rings (SSSR count). The molecule has 1 aromatic carbocycles. The summed E-state index contributed by atoms with van der Waals surface area (Å²) in [6.07, 6.45) is 2.54. The summed E-state index contributed by atoms with van der Waals surface area (Å²) in [5, 5.41) is 5.79. The van der Waals surface area contributed by atoms with Gasteiger partial charge in [0.1, 0.15) is 0 Å². The molecule has 100 valence electrons. The summed E-state index contributed by atoms with van der Waals surface area (Å²) < 4.78 is 1.24. The SMILES string of the molecule is Cc1ccc(C2CC(NCc3sccc3Br)C2)cc1. The highest BCUT2D eigenvalue weighted by Gasteiger charge is 2.29. The van der Waals surface area contributed by atoms with Crippen LogP contribution in [0.3, 0.4) is 0 Å². The minimum absolute atomic E-state index is 0.681. The van der Waals surface area contributed by atoms with E-state index in [2.05, 4.69) is 63.9 Å². The van der Waals surface area contributed by atoms with Crippen molar-refractivity contribution in [3.8, 4) is 0 Å². The average Bonchev–Trinajstić information content (AvgIpc) is 2.75. The predicted octanol–water partition coefficient (Wildman–Crippen LogP) is 4.85. The third kappa shape index (κ3) is 3.10. The lowest BCUT2D eigenvalue weighted by Gasteiger charge is -2.36. The monoisotopic (exact) mass is 335 g/mol. The molecule has 1 N–H and O–H groups in total. The summed E-state index contributed by atoms with van der Waals surface area (Å²) in [4.78, 5) is 1.40. The molecule has 0 saturated heterocycles. The molecule has 1 fully saturated rings. The predicted molar refractivity (Wildman–Crippen MR) is 85.8 cm³/mol. The zero-order valence-corrected chi connectivity index (χ0v) is 13.4.